The quantitative estimate of drug-likeness (QED) is 0.586. The summed E-state index contributed by atoms with van der Waals surface area (Å²) >= 11 is 0. The standard InChI is InChI=1S/C14H13N3O5/c18-12(16-14(13(19)20)5-2-6-14)9-7-8-3-1-4-10(17(21)22)11(8)15-9/h1,3-4,7,15H,2,5-6H2,(H,16,18)(H,19,20). The first-order chi connectivity index (χ1) is 10.4. The van der Waals surface area contributed by atoms with Crippen LogP contribution in [0.3, 0.4) is 0 Å². The molecule has 0 spiro atoms. The van der Waals surface area contributed by atoms with Crippen LogP contribution in [0.1, 0.15) is 29.8 Å². The van der Waals surface area contributed by atoms with Crippen molar-refractivity contribution in [2.45, 2.75) is 24.8 Å². The van der Waals surface area contributed by atoms with Crippen molar-refractivity contribution in [3.63, 3.8) is 0 Å². The van der Waals surface area contributed by atoms with E-state index in [4.69, 9.17) is 0 Å². The third kappa shape index (κ3) is 2.09. The number of nitrogens with zero attached hydrogens (tertiary/aromatic N) is 1. The van der Waals surface area contributed by atoms with Gasteiger partial charge in [0.05, 0.1) is 4.92 Å². The molecule has 1 heterocycles. The van der Waals surface area contributed by atoms with Crippen LogP contribution in [-0.4, -0.2) is 32.4 Å². The molecule has 2 aromatic rings. The summed E-state index contributed by atoms with van der Waals surface area (Å²) in [5.41, 5.74) is -0.999. The molecule has 1 aromatic heterocycles. The van der Waals surface area contributed by atoms with E-state index < -0.39 is 22.3 Å². The number of aromatic nitrogens is 1. The number of H-pyrrole nitrogens is 1. The van der Waals surface area contributed by atoms with Gasteiger partial charge in [0.15, 0.2) is 0 Å². The number of non-ortho nitro benzene ring substituents is 1. The Kier molecular flexibility index (Phi) is 3.09. The number of rotatable bonds is 4. The number of benzene rings is 1. The summed E-state index contributed by atoms with van der Waals surface area (Å²) < 4.78 is 0. The van der Waals surface area contributed by atoms with Gasteiger partial charge >= 0.3 is 5.97 Å². The normalized spacial score (nSPS) is 16.0. The molecule has 8 nitrogen and oxygen atoms in total. The van der Waals surface area contributed by atoms with Crippen molar-refractivity contribution in [2.24, 2.45) is 0 Å². The zero-order chi connectivity index (χ0) is 15.9. The number of hydrogen-bond acceptors (Lipinski definition) is 4. The first-order valence-corrected chi connectivity index (χ1v) is 6.75. The Bertz CT molecular complexity index is 791. The monoisotopic (exact) mass is 303 g/mol. The summed E-state index contributed by atoms with van der Waals surface area (Å²) in [4.78, 5) is 36.7. The molecule has 0 radical (unpaired) electrons. The molecule has 3 N–H and O–H groups in total. The van der Waals surface area contributed by atoms with Crippen LogP contribution in [0, 0.1) is 10.1 Å². The third-order valence-electron chi connectivity index (χ3n) is 4.04. The average molecular weight is 303 g/mol. The molecule has 114 valence electrons. The van der Waals surface area contributed by atoms with E-state index in [1.54, 1.807) is 6.07 Å². The lowest BCUT2D eigenvalue weighted by Gasteiger charge is -2.38. The molecule has 3 rings (SSSR count). The molecule has 1 saturated carbocycles. The molecule has 1 aliphatic carbocycles. The van der Waals surface area contributed by atoms with Crippen LogP contribution in [0.25, 0.3) is 10.9 Å². The molecule has 1 aliphatic rings. The SMILES string of the molecule is O=C(NC1(C(=O)O)CCC1)c1cc2cccc([N+](=O)[O-])c2[nH]1. The topological polar surface area (TPSA) is 125 Å². The van der Waals surface area contributed by atoms with Crippen LogP contribution in [-0.2, 0) is 4.79 Å². The van der Waals surface area contributed by atoms with E-state index in [1.807, 2.05) is 0 Å². The molecular weight excluding hydrogens is 290 g/mol. The second kappa shape index (κ2) is 4.83. The molecule has 1 fully saturated rings. The molecule has 0 saturated heterocycles. The Morgan fingerprint density at radius 1 is 1.36 bits per heavy atom. The summed E-state index contributed by atoms with van der Waals surface area (Å²) in [5, 5.41) is 23.2. The summed E-state index contributed by atoms with van der Waals surface area (Å²) in [6.45, 7) is 0. The Balaban J connectivity index is 1.93. The van der Waals surface area contributed by atoms with Gasteiger partial charge in [0.2, 0.25) is 0 Å². The van der Waals surface area contributed by atoms with Crippen molar-refractivity contribution in [1.82, 2.24) is 10.3 Å². The van der Waals surface area contributed by atoms with E-state index in [2.05, 4.69) is 10.3 Å². The number of aromatic amines is 1. The maximum absolute atomic E-state index is 12.2. The minimum Gasteiger partial charge on any atom is -0.480 e. The highest BCUT2D eigenvalue weighted by Gasteiger charge is 2.46. The average Bonchev–Trinajstić information content (AvgIpc) is 2.85. The minimum atomic E-state index is -1.22. The van der Waals surface area contributed by atoms with E-state index in [9.17, 15) is 24.8 Å². The second-order valence-corrected chi connectivity index (χ2v) is 5.38. The Morgan fingerprint density at radius 2 is 2.09 bits per heavy atom. The zero-order valence-electron chi connectivity index (χ0n) is 11.5. The molecule has 0 aliphatic heterocycles. The lowest BCUT2D eigenvalue weighted by atomic mass is 9.76. The Labute approximate surface area is 124 Å². The summed E-state index contributed by atoms with van der Waals surface area (Å²) in [7, 11) is 0. The summed E-state index contributed by atoms with van der Waals surface area (Å²) in [6, 6.07) is 5.99. The second-order valence-electron chi connectivity index (χ2n) is 5.38. The van der Waals surface area contributed by atoms with Crippen molar-refractivity contribution in [2.75, 3.05) is 0 Å². The van der Waals surface area contributed by atoms with Crippen LogP contribution >= 0.6 is 0 Å². The van der Waals surface area contributed by atoms with Gasteiger partial charge in [-0.2, -0.15) is 0 Å². The maximum atomic E-state index is 12.2. The molecule has 0 atom stereocenters. The van der Waals surface area contributed by atoms with Gasteiger partial charge in [-0.3, -0.25) is 14.9 Å². The molecule has 8 heteroatoms. The fraction of sp³-hybridized carbons (Fsp3) is 0.286. The number of para-hydroxylation sites is 1. The van der Waals surface area contributed by atoms with E-state index in [0.717, 1.165) is 6.42 Å². The van der Waals surface area contributed by atoms with Gasteiger partial charge in [-0.15, -0.1) is 0 Å². The van der Waals surface area contributed by atoms with Gasteiger partial charge in [0.25, 0.3) is 11.6 Å². The molecule has 22 heavy (non-hydrogen) atoms. The number of nitro benzene ring substituents is 1. The molecule has 1 amide bonds. The number of fused-ring (bicyclic) bond motifs is 1. The number of carbonyl (C=O) groups is 2. The first-order valence-electron chi connectivity index (χ1n) is 6.75. The van der Waals surface area contributed by atoms with Crippen molar-refractivity contribution in [3.8, 4) is 0 Å². The van der Waals surface area contributed by atoms with E-state index in [0.29, 0.717) is 18.2 Å². The van der Waals surface area contributed by atoms with Crippen LogP contribution in [0.2, 0.25) is 0 Å². The van der Waals surface area contributed by atoms with Crippen LogP contribution in [0.4, 0.5) is 5.69 Å². The minimum absolute atomic E-state index is 0.108. The highest BCUT2D eigenvalue weighted by atomic mass is 16.6. The molecular formula is C14H13N3O5. The Hall–Kier alpha value is -2.90. The van der Waals surface area contributed by atoms with Gasteiger partial charge in [-0.05, 0) is 25.3 Å². The lowest BCUT2D eigenvalue weighted by Crippen LogP contribution is -2.59. The fourth-order valence-electron chi connectivity index (χ4n) is 2.62. The van der Waals surface area contributed by atoms with Gasteiger partial charge in [-0.25, -0.2) is 4.79 Å². The number of aliphatic carboxylic acids is 1. The number of carboxylic acid groups (broad SMARTS) is 1. The molecule has 1 aromatic carbocycles. The Morgan fingerprint density at radius 3 is 2.64 bits per heavy atom. The zero-order valence-corrected chi connectivity index (χ0v) is 11.5. The first kappa shape index (κ1) is 14.1. The number of carboxylic acids is 1. The number of amides is 1. The summed E-state index contributed by atoms with van der Waals surface area (Å²) in [6.07, 6.45) is 1.51. The fourth-order valence-corrected chi connectivity index (χ4v) is 2.62. The number of hydrogen-bond donors (Lipinski definition) is 3. The smallest absolute Gasteiger partial charge is 0.329 e. The van der Waals surface area contributed by atoms with Crippen LogP contribution < -0.4 is 5.32 Å². The van der Waals surface area contributed by atoms with Crippen molar-refractivity contribution in [1.29, 1.82) is 0 Å². The lowest BCUT2D eigenvalue weighted by molar-refractivity contribution is -0.383. The van der Waals surface area contributed by atoms with Crippen molar-refractivity contribution >= 4 is 28.5 Å². The van der Waals surface area contributed by atoms with Crippen LogP contribution in [0.15, 0.2) is 24.3 Å². The largest absolute Gasteiger partial charge is 0.480 e. The number of nitrogens with one attached hydrogen (secondary N) is 2. The number of carbonyl (C=O) groups excluding carboxylic acids is 1. The van der Waals surface area contributed by atoms with Gasteiger partial charge in [-0.1, -0.05) is 12.1 Å². The highest BCUT2D eigenvalue weighted by molar-refractivity contribution is 6.02. The predicted molar refractivity (Wildman–Crippen MR) is 76.6 cm³/mol. The maximum Gasteiger partial charge on any atom is 0.329 e. The van der Waals surface area contributed by atoms with Gasteiger partial charge < -0.3 is 15.4 Å². The molecule has 0 bridgehead atoms. The van der Waals surface area contributed by atoms with E-state index >= 15 is 0 Å². The van der Waals surface area contributed by atoms with E-state index in [1.165, 1.54) is 18.2 Å². The molecule has 0 unspecified atom stereocenters. The van der Waals surface area contributed by atoms with Gasteiger partial charge in [0.1, 0.15) is 16.7 Å². The third-order valence-corrected chi connectivity index (χ3v) is 4.04. The van der Waals surface area contributed by atoms with Crippen LogP contribution in [0.5, 0.6) is 0 Å². The summed E-state index contributed by atoms with van der Waals surface area (Å²) in [5.74, 6) is -1.64. The van der Waals surface area contributed by atoms with Gasteiger partial charge in [0, 0.05) is 11.5 Å². The van der Waals surface area contributed by atoms with Crippen molar-refractivity contribution in [3.05, 3.63) is 40.1 Å². The van der Waals surface area contributed by atoms with E-state index in [-0.39, 0.29) is 16.9 Å². The highest BCUT2D eigenvalue weighted by Crippen LogP contribution is 2.32. The number of nitro groups is 1. The van der Waals surface area contributed by atoms with Crippen molar-refractivity contribution < 1.29 is 19.6 Å². The predicted octanol–water partition coefficient (Wildman–Crippen LogP) is 1.81.